The number of nitrogens with one attached hydrogen (secondary N) is 1. The lowest BCUT2D eigenvalue weighted by atomic mass is 10.1. The molecule has 1 heterocycles. The number of hydrogen-bond acceptors (Lipinski definition) is 4. The van der Waals surface area contributed by atoms with Gasteiger partial charge in [0.1, 0.15) is 5.82 Å². The highest BCUT2D eigenvalue weighted by atomic mass is 35.5. The van der Waals surface area contributed by atoms with E-state index in [0.29, 0.717) is 23.1 Å². The summed E-state index contributed by atoms with van der Waals surface area (Å²) in [4.78, 5) is 4.63. The molecule has 0 saturated heterocycles. The highest BCUT2D eigenvalue weighted by molar-refractivity contribution is 7.80. The topological polar surface area (TPSA) is 39.1 Å². The Morgan fingerprint density at radius 1 is 1.32 bits per heavy atom. The number of halogens is 1. The maximum Gasteiger partial charge on any atom is 0.177 e. The third-order valence-electron chi connectivity index (χ3n) is 3.91. The Morgan fingerprint density at radius 3 is 2.72 bits per heavy atom. The van der Waals surface area contributed by atoms with Crippen molar-refractivity contribution in [2.75, 3.05) is 13.2 Å². The van der Waals surface area contributed by atoms with Crippen molar-refractivity contribution >= 4 is 28.9 Å². The largest absolute Gasteiger partial charge is 0.486 e. The molecule has 0 spiro atoms. The first-order chi connectivity index (χ1) is 12.1. The number of rotatable bonds is 9. The van der Waals surface area contributed by atoms with Gasteiger partial charge in [-0.25, -0.2) is 4.98 Å². The van der Waals surface area contributed by atoms with E-state index in [-0.39, 0.29) is 6.04 Å². The van der Waals surface area contributed by atoms with Crippen LogP contribution in [0.25, 0.3) is 5.69 Å². The molecule has 0 fully saturated rings. The van der Waals surface area contributed by atoms with Crippen molar-refractivity contribution in [1.82, 2.24) is 14.9 Å². The monoisotopic (exact) mass is 379 g/mol. The SMILES string of the molecule is CCCc1ncc(C[C@H](NCC)C(=S)OCC)n1-c1ccccc1Cl. The number of benzene rings is 1. The Kier molecular flexibility index (Phi) is 7.88. The van der Waals surface area contributed by atoms with Gasteiger partial charge in [-0.3, -0.25) is 4.57 Å². The first-order valence-corrected chi connectivity index (χ1v) is 9.61. The van der Waals surface area contributed by atoms with Crippen molar-refractivity contribution in [2.24, 2.45) is 0 Å². The van der Waals surface area contributed by atoms with Crippen LogP contribution in [0.1, 0.15) is 38.7 Å². The zero-order valence-corrected chi connectivity index (χ0v) is 16.7. The zero-order valence-electron chi connectivity index (χ0n) is 15.1. The van der Waals surface area contributed by atoms with Gasteiger partial charge in [0.25, 0.3) is 0 Å². The number of aryl methyl sites for hydroxylation is 1. The molecule has 0 aliphatic carbocycles. The van der Waals surface area contributed by atoms with Crippen LogP contribution < -0.4 is 5.32 Å². The summed E-state index contributed by atoms with van der Waals surface area (Å²) in [6, 6.07) is 7.83. The molecule has 0 amide bonds. The molecule has 1 N–H and O–H groups in total. The second kappa shape index (κ2) is 9.90. The van der Waals surface area contributed by atoms with Gasteiger partial charge in [-0.05, 0) is 44.2 Å². The molecule has 4 nitrogen and oxygen atoms in total. The number of thiocarbonyl (C=S) groups is 1. The molecule has 0 saturated carbocycles. The normalized spacial score (nSPS) is 12.2. The summed E-state index contributed by atoms with van der Waals surface area (Å²) in [6.07, 6.45) is 4.55. The van der Waals surface area contributed by atoms with Gasteiger partial charge in [0.2, 0.25) is 0 Å². The van der Waals surface area contributed by atoms with Gasteiger partial charge in [0.15, 0.2) is 5.05 Å². The minimum Gasteiger partial charge on any atom is -0.486 e. The van der Waals surface area contributed by atoms with E-state index >= 15 is 0 Å². The number of likely N-dealkylation sites (N-methyl/N-ethyl adjacent to an activating group) is 1. The highest BCUT2D eigenvalue weighted by Gasteiger charge is 2.20. The molecule has 2 aromatic rings. The second-order valence-corrected chi connectivity index (χ2v) is 6.58. The molecule has 0 aliphatic rings. The third kappa shape index (κ3) is 5.03. The number of ether oxygens (including phenoxy) is 1. The van der Waals surface area contributed by atoms with Crippen LogP contribution in [0.5, 0.6) is 0 Å². The minimum absolute atomic E-state index is 0.0348. The van der Waals surface area contributed by atoms with Gasteiger partial charge in [-0.15, -0.1) is 0 Å². The molecule has 1 atom stereocenters. The van der Waals surface area contributed by atoms with E-state index in [1.54, 1.807) is 0 Å². The summed E-state index contributed by atoms with van der Waals surface area (Å²) < 4.78 is 7.72. The molecule has 0 radical (unpaired) electrons. The van der Waals surface area contributed by atoms with Crippen LogP contribution in [0.15, 0.2) is 30.5 Å². The van der Waals surface area contributed by atoms with Crippen molar-refractivity contribution in [3.05, 3.63) is 47.0 Å². The first-order valence-electron chi connectivity index (χ1n) is 8.82. The third-order valence-corrected chi connectivity index (χ3v) is 4.63. The Labute approximate surface area is 160 Å². The second-order valence-electron chi connectivity index (χ2n) is 5.77. The Morgan fingerprint density at radius 2 is 2.08 bits per heavy atom. The van der Waals surface area contributed by atoms with Crippen LogP contribution in [0, 0.1) is 0 Å². The molecule has 2 rings (SSSR count). The molecular formula is C19H26ClN3OS. The Balaban J connectivity index is 2.40. The summed E-state index contributed by atoms with van der Waals surface area (Å²) in [5, 5.41) is 4.72. The van der Waals surface area contributed by atoms with Crippen molar-refractivity contribution in [3.63, 3.8) is 0 Å². The molecule has 0 aliphatic heterocycles. The van der Waals surface area contributed by atoms with Crippen LogP contribution in [-0.4, -0.2) is 33.8 Å². The average molecular weight is 380 g/mol. The molecule has 25 heavy (non-hydrogen) atoms. The van der Waals surface area contributed by atoms with Gasteiger partial charge in [-0.1, -0.05) is 37.6 Å². The molecule has 0 bridgehead atoms. The summed E-state index contributed by atoms with van der Waals surface area (Å²) in [7, 11) is 0. The van der Waals surface area contributed by atoms with Gasteiger partial charge in [0.05, 0.1) is 23.4 Å². The number of nitrogens with zero attached hydrogens (tertiary/aromatic N) is 2. The van der Waals surface area contributed by atoms with E-state index < -0.39 is 0 Å². The maximum absolute atomic E-state index is 6.46. The van der Waals surface area contributed by atoms with E-state index in [0.717, 1.165) is 36.6 Å². The van der Waals surface area contributed by atoms with Gasteiger partial charge in [0, 0.05) is 24.7 Å². The number of aromatic nitrogens is 2. The van der Waals surface area contributed by atoms with Gasteiger partial charge < -0.3 is 10.1 Å². The first kappa shape index (κ1) is 19.9. The molecule has 0 unspecified atom stereocenters. The lowest BCUT2D eigenvalue weighted by Gasteiger charge is -2.20. The quantitative estimate of drug-likeness (QED) is 0.657. The van der Waals surface area contributed by atoms with Crippen molar-refractivity contribution in [1.29, 1.82) is 0 Å². The zero-order chi connectivity index (χ0) is 18.2. The molecular weight excluding hydrogens is 354 g/mol. The van der Waals surface area contributed by atoms with Crippen LogP contribution in [0.3, 0.4) is 0 Å². The smallest absolute Gasteiger partial charge is 0.177 e. The average Bonchev–Trinajstić information content (AvgIpc) is 2.98. The van der Waals surface area contributed by atoms with Gasteiger partial charge in [-0.2, -0.15) is 0 Å². The maximum atomic E-state index is 6.46. The molecule has 1 aromatic carbocycles. The van der Waals surface area contributed by atoms with E-state index in [2.05, 4.69) is 28.7 Å². The highest BCUT2D eigenvalue weighted by Crippen LogP contribution is 2.25. The van der Waals surface area contributed by atoms with Crippen molar-refractivity contribution in [3.8, 4) is 5.69 Å². The molecule has 136 valence electrons. The summed E-state index contributed by atoms with van der Waals surface area (Å²) in [5.41, 5.74) is 2.03. The predicted octanol–water partition coefficient (Wildman–Crippen LogP) is 4.36. The van der Waals surface area contributed by atoms with E-state index in [1.165, 1.54) is 0 Å². The fourth-order valence-electron chi connectivity index (χ4n) is 2.84. The number of imidazole rings is 1. The van der Waals surface area contributed by atoms with Crippen molar-refractivity contribution < 1.29 is 4.74 Å². The standard InChI is InChI=1S/C19H26ClN3OS/c1-4-9-18-22-13-14(12-16(21-5-2)19(25)24-6-3)23(18)17-11-8-7-10-15(17)20/h7-8,10-11,13,16,21H,4-6,9,12H2,1-3H3/t16-/m0/s1. The Bertz CT molecular complexity index is 702. The number of para-hydroxylation sites is 1. The lowest BCUT2D eigenvalue weighted by molar-refractivity contribution is 0.313. The molecule has 6 heteroatoms. The lowest BCUT2D eigenvalue weighted by Crippen LogP contribution is -2.39. The summed E-state index contributed by atoms with van der Waals surface area (Å²) in [5.74, 6) is 1.02. The fourth-order valence-corrected chi connectivity index (χ4v) is 3.34. The predicted molar refractivity (Wildman–Crippen MR) is 108 cm³/mol. The van der Waals surface area contributed by atoms with Crippen molar-refractivity contribution in [2.45, 2.75) is 46.1 Å². The Hall–Kier alpha value is -1.43. The van der Waals surface area contributed by atoms with Gasteiger partial charge >= 0.3 is 0 Å². The summed E-state index contributed by atoms with van der Waals surface area (Å²) in [6.45, 7) is 7.56. The van der Waals surface area contributed by atoms with Crippen LogP contribution in [0.4, 0.5) is 0 Å². The van der Waals surface area contributed by atoms with Crippen LogP contribution >= 0.6 is 23.8 Å². The van der Waals surface area contributed by atoms with E-state index in [9.17, 15) is 0 Å². The summed E-state index contributed by atoms with van der Waals surface area (Å²) >= 11 is 11.9. The van der Waals surface area contributed by atoms with E-state index in [4.69, 9.17) is 28.6 Å². The number of hydrogen-bond donors (Lipinski definition) is 1. The minimum atomic E-state index is -0.0348. The van der Waals surface area contributed by atoms with Crippen LogP contribution in [-0.2, 0) is 17.6 Å². The fraction of sp³-hybridized carbons (Fsp3) is 0.474. The van der Waals surface area contributed by atoms with Crippen LogP contribution in [0.2, 0.25) is 5.02 Å². The molecule has 1 aromatic heterocycles. The van der Waals surface area contributed by atoms with E-state index in [1.807, 2.05) is 37.4 Å².